The molecule has 2 aliphatic heterocycles. The Bertz CT molecular complexity index is 2030. The SMILES string of the molecule is COc1nc(-c2cccc(-c3cccc(-c4ccn5c(CNCC6CCC(=O)N6)cnc5c4)c3Cl)c2Cl)ccc1CNCC1CCC(=O)N1. The summed E-state index contributed by atoms with van der Waals surface area (Å²) in [6.07, 6.45) is 6.74. The third-order valence-corrected chi connectivity index (χ3v) is 9.98. The third-order valence-electron chi connectivity index (χ3n) is 9.17. The minimum Gasteiger partial charge on any atom is -0.481 e. The van der Waals surface area contributed by atoms with Crippen LogP contribution in [0.4, 0.5) is 0 Å². The van der Waals surface area contributed by atoms with E-state index in [2.05, 4.69) is 30.7 Å². The summed E-state index contributed by atoms with van der Waals surface area (Å²) in [5.74, 6) is 0.732. The summed E-state index contributed by atoms with van der Waals surface area (Å²) in [4.78, 5) is 32.5. The monoisotopic (exact) mass is 697 g/mol. The van der Waals surface area contributed by atoms with Gasteiger partial charge in [-0.2, -0.15) is 0 Å². The smallest absolute Gasteiger partial charge is 0.220 e. The first-order chi connectivity index (χ1) is 23.9. The molecular weight excluding hydrogens is 661 g/mol. The summed E-state index contributed by atoms with van der Waals surface area (Å²) in [6, 6.07) is 20.1. The number of carbonyl (C=O) groups excluding carboxylic acids is 2. The number of nitrogens with zero attached hydrogens (tertiary/aromatic N) is 3. The Labute approximate surface area is 294 Å². The van der Waals surface area contributed by atoms with E-state index in [1.165, 1.54) is 0 Å². The van der Waals surface area contributed by atoms with Crippen molar-refractivity contribution in [3.8, 4) is 39.4 Å². The second kappa shape index (κ2) is 14.6. The van der Waals surface area contributed by atoms with Crippen LogP contribution in [0, 0.1) is 0 Å². The van der Waals surface area contributed by atoms with Gasteiger partial charge in [0.1, 0.15) is 5.65 Å². The van der Waals surface area contributed by atoms with Gasteiger partial charge in [0.2, 0.25) is 17.7 Å². The number of fused-ring (bicyclic) bond motifs is 1. The van der Waals surface area contributed by atoms with E-state index in [1.807, 2.05) is 73.1 Å². The predicted octanol–water partition coefficient (Wildman–Crippen LogP) is 5.78. The largest absolute Gasteiger partial charge is 0.481 e. The Morgan fingerprint density at radius 3 is 2.12 bits per heavy atom. The van der Waals surface area contributed by atoms with E-state index >= 15 is 0 Å². The molecule has 3 aromatic heterocycles. The van der Waals surface area contributed by atoms with E-state index < -0.39 is 0 Å². The molecule has 49 heavy (non-hydrogen) atoms. The zero-order valence-electron chi connectivity index (χ0n) is 27.1. The average molecular weight is 699 g/mol. The molecule has 2 saturated heterocycles. The van der Waals surface area contributed by atoms with E-state index in [4.69, 9.17) is 32.9 Å². The number of benzene rings is 2. The number of hydrogen-bond acceptors (Lipinski definition) is 7. The van der Waals surface area contributed by atoms with Gasteiger partial charge in [0.15, 0.2) is 0 Å². The Balaban J connectivity index is 1.09. The molecule has 2 atom stereocenters. The van der Waals surface area contributed by atoms with Gasteiger partial charge in [0, 0.05) is 85.1 Å². The topological polar surface area (TPSA) is 122 Å². The second-order valence-electron chi connectivity index (χ2n) is 12.5. The number of ether oxygens (including phenoxy) is 1. The zero-order chi connectivity index (χ0) is 33.9. The number of rotatable bonds is 12. The first-order valence-corrected chi connectivity index (χ1v) is 17.2. The summed E-state index contributed by atoms with van der Waals surface area (Å²) < 4.78 is 7.71. The summed E-state index contributed by atoms with van der Waals surface area (Å²) in [5.41, 5.74) is 7.63. The molecule has 10 nitrogen and oxygen atoms in total. The van der Waals surface area contributed by atoms with Crippen molar-refractivity contribution >= 4 is 40.7 Å². The molecule has 2 amide bonds. The van der Waals surface area contributed by atoms with Crippen molar-refractivity contribution in [2.24, 2.45) is 0 Å². The Morgan fingerprint density at radius 1 is 0.837 bits per heavy atom. The van der Waals surface area contributed by atoms with E-state index in [0.717, 1.165) is 64.1 Å². The fraction of sp³-hybridized carbons (Fsp3) is 0.297. The lowest BCUT2D eigenvalue weighted by Crippen LogP contribution is -2.35. The predicted molar refractivity (Wildman–Crippen MR) is 192 cm³/mol. The van der Waals surface area contributed by atoms with Crippen LogP contribution in [0.2, 0.25) is 10.0 Å². The van der Waals surface area contributed by atoms with Crippen LogP contribution in [0.1, 0.15) is 36.9 Å². The molecule has 5 aromatic rings. The van der Waals surface area contributed by atoms with Crippen LogP contribution in [0.3, 0.4) is 0 Å². The fourth-order valence-electron chi connectivity index (χ4n) is 6.58. The third kappa shape index (κ3) is 7.14. The van der Waals surface area contributed by atoms with Gasteiger partial charge in [-0.1, -0.05) is 65.7 Å². The quantitative estimate of drug-likeness (QED) is 0.130. The number of amides is 2. The molecule has 12 heteroatoms. The van der Waals surface area contributed by atoms with E-state index in [1.54, 1.807) is 7.11 Å². The van der Waals surface area contributed by atoms with Crippen LogP contribution in [0.5, 0.6) is 5.88 Å². The number of nitrogens with one attached hydrogen (secondary N) is 4. The van der Waals surface area contributed by atoms with Gasteiger partial charge >= 0.3 is 0 Å². The highest BCUT2D eigenvalue weighted by atomic mass is 35.5. The lowest BCUT2D eigenvalue weighted by Gasteiger charge is -2.16. The molecular formula is C37H37Cl2N7O3. The Morgan fingerprint density at radius 2 is 1.47 bits per heavy atom. The van der Waals surface area contributed by atoms with Crippen molar-refractivity contribution in [1.29, 1.82) is 0 Å². The first-order valence-electron chi connectivity index (χ1n) is 16.5. The number of aromatic nitrogens is 3. The lowest BCUT2D eigenvalue weighted by atomic mass is 9.97. The molecule has 0 saturated carbocycles. The van der Waals surface area contributed by atoms with Crippen LogP contribution in [0.25, 0.3) is 39.2 Å². The molecule has 2 aliphatic rings. The van der Waals surface area contributed by atoms with Crippen LogP contribution < -0.4 is 26.0 Å². The molecule has 252 valence electrons. The highest BCUT2D eigenvalue weighted by Crippen LogP contribution is 2.42. The normalized spacial score (nSPS) is 17.4. The molecule has 0 spiro atoms. The maximum atomic E-state index is 11.5. The number of imidazole rings is 1. The van der Waals surface area contributed by atoms with Crippen molar-refractivity contribution < 1.29 is 14.3 Å². The zero-order valence-corrected chi connectivity index (χ0v) is 28.6. The molecule has 2 fully saturated rings. The molecule has 0 aliphatic carbocycles. The summed E-state index contributed by atoms with van der Waals surface area (Å²) in [5, 5.41) is 13.9. The molecule has 2 unspecified atom stereocenters. The summed E-state index contributed by atoms with van der Waals surface area (Å²) >= 11 is 14.2. The molecule has 0 bridgehead atoms. The molecule has 2 aromatic carbocycles. The van der Waals surface area contributed by atoms with Crippen molar-refractivity contribution in [3.63, 3.8) is 0 Å². The van der Waals surface area contributed by atoms with Crippen LogP contribution in [-0.4, -0.2) is 58.5 Å². The van der Waals surface area contributed by atoms with Gasteiger partial charge in [-0.25, -0.2) is 9.97 Å². The van der Waals surface area contributed by atoms with Crippen molar-refractivity contribution in [3.05, 3.63) is 94.4 Å². The number of hydrogen-bond donors (Lipinski definition) is 4. The van der Waals surface area contributed by atoms with Crippen LogP contribution in [-0.2, 0) is 22.7 Å². The van der Waals surface area contributed by atoms with Gasteiger partial charge in [-0.05, 0) is 36.6 Å². The summed E-state index contributed by atoms with van der Waals surface area (Å²) in [7, 11) is 1.60. The Kier molecular flexibility index (Phi) is 9.81. The maximum absolute atomic E-state index is 11.5. The lowest BCUT2D eigenvalue weighted by molar-refractivity contribution is -0.120. The van der Waals surface area contributed by atoms with Crippen LogP contribution >= 0.6 is 23.2 Å². The first kappa shape index (κ1) is 33.0. The minimum atomic E-state index is 0.102. The van der Waals surface area contributed by atoms with Crippen LogP contribution in [0.15, 0.2) is 73.1 Å². The van der Waals surface area contributed by atoms with Gasteiger partial charge < -0.3 is 30.4 Å². The number of methoxy groups -OCH3 is 1. The minimum absolute atomic E-state index is 0.102. The maximum Gasteiger partial charge on any atom is 0.220 e. The fourth-order valence-corrected chi connectivity index (χ4v) is 7.24. The number of carbonyl (C=O) groups is 2. The molecule has 0 radical (unpaired) electrons. The van der Waals surface area contributed by atoms with E-state index in [-0.39, 0.29) is 23.9 Å². The standard InChI is InChI=1S/C37H37Cl2N7O3/c1-49-37-23(17-40-18-24-9-12-33(47)43-24)8-11-31(45-37)30-7-3-6-29(36(30)39)28-5-2-4-27(35(28)38)22-14-15-46-26(21-42-32(46)16-22)20-41-19-25-10-13-34(48)44-25/h2-8,11,14-16,21,24-25,40-41H,9-10,12-13,17-20H2,1H3,(H,43,47)(H,44,48). The van der Waals surface area contributed by atoms with Gasteiger partial charge in [0.05, 0.1) is 34.7 Å². The highest BCUT2D eigenvalue weighted by Gasteiger charge is 2.22. The van der Waals surface area contributed by atoms with Crippen molar-refractivity contribution in [2.75, 3.05) is 20.2 Å². The summed E-state index contributed by atoms with van der Waals surface area (Å²) in [6.45, 7) is 2.60. The molecule has 7 rings (SSSR count). The highest BCUT2D eigenvalue weighted by molar-refractivity contribution is 6.39. The average Bonchev–Trinajstić information content (AvgIpc) is 3.84. The Hall–Kier alpha value is -4.48. The van der Waals surface area contributed by atoms with Gasteiger partial charge in [0.25, 0.3) is 0 Å². The van der Waals surface area contributed by atoms with E-state index in [9.17, 15) is 9.59 Å². The van der Waals surface area contributed by atoms with Gasteiger partial charge in [-0.15, -0.1) is 0 Å². The molecule has 4 N–H and O–H groups in total. The van der Waals surface area contributed by atoms with E-state index in [0.29, 0.717) is 54.1 Å². The van der Waals surface area contributed by atoms with Crippen molar-refractivity contribution in [1.82, 2.24) is 35.6 Å². The number of halogens is 2. The van der Waals surface area contributed by atoms with Crippen molar-refractivity contribution in [2.45, 2.75) is 50.9 Å². The number of pyridine rings is 2. The second-order valence-corrected chi connectivity index (χ2v) is 13.2. The molecule has 5 heterocycles. The van der Waals surface area contributed by atoms with Gasteiger partial charge in [-0.3, -0.25) is 9.59 Å².